The molecule has 0 radical (unpaired) electrons. The smallest absolute Gasteiger partial charge is 0.308 e. The van der Waals surface area contributed by atoms with Crippen molar-refractivity contribution in [2.75, 3.05) is 18.1 Å². The molecule has 5 rings (SSSR count). The van der Waals surface area contributed by atoms with E-state index in [0.717, 1.165) is 44.9 Å². The van der Waals surface area contributed by atoms with E-state index in [1.807, 2.05) is 0 Å². The van der Waals surface area contributed by atoms with Gasteiger partial charge in [-0.1, -0.05) is 12.8 Å². The maximum atomic E-state index is 12.5. The Morgan fingerprint density at radius 3 is 2.13 bits per heavy atom. The number of rotatable bonds is 8. The van der Waals surface area contributed by atoms with Crippen molar-refractivity contribution in [3.05, 3.63) is 0 Å². The topological polar surface area (TPSA) is 135 Å². The minimum Gasteiger partial charge on any atom is -0.464 e. The van der Waals surface area contributed by atoms with Gasteiger partial charge in [0.05, 0.1) is 11.7 Å². The van der Waals surface area contributed by atoms with E-state index in [9.17, 15) is 26.2 Å². The average Bonchev–Trinajstić information content (AvgIpc) is 2.64. The average molecular weight is 479 g/mol. The van der Waals surface area contributed by atoms with Gasteiger partial charge in [0.1, 0.15) is 12.4 Å². The monoisotopic (exact) mass is 478 g/mol. The van der Waals surface area contributed by atoms with Crippen LogP contribution >= 0.6 is 0 Å². The van der Waals surface area contributed by atoms with Crippen LogP contribution in [-0.4, -0.2) is 50.0 Å². The van der Waals surface area contributed by atoms with E-state index < -0.39 is 26.0 Å². The molecule has 0 spiro atoms. The largest absolute Gasteiger partial charge is 0.464 e. The summed E-state index contributed by atoms with van der Waals surface area (Å²) in [6, 6.07) is 0. The van der Waals surface area contributed by atoms with Crippen molar-refractivity contribution < 1.29 is 35.5 Å². The van der Waals surface area contributed by atoms with Crippen LogP contribution < -0.4 is 0 Å². The number of carbonyl (C=O) groups is 1. The molecule has 4 bridgehead atoms. The highest BCUT2D eigenvalue weighted by Gasteiger charge is 2.56. The lowest BCUT2D eigenvalue weighted by Gasteiger charge is -2.62. The second kappa shape index (κ2) is 8.57. The summed E-state index contributed by atoms with van der Waals surface area (Å²) in [7, 11) is -8.08. The molecule has 31 heavy (non-hydrogen) atoms. The standard InChI is InChI=1S/C21H34O8S2/c22-20(29-5-7-31(26,27)28)16-3-1-2-15(10-16)19-17-8-14-9-18(19)13-21(11-14,12-17)4-6-30(23,24)25/h14-19H,1-13H2,(H,23,24,25)(H,26,27,28). The predicted molar refractivity (Wildman–Crippen MR) is 113 cm³/mol. The molecule has 0 aromatic carbocycles. The summed E-state index contributed by atoms with van der Waals surface area (Å²) in [4.78, 5) is 12.5. The minimum absolute atomic E-state index is 0.0472. The van der Waals surface area contributed by atoms with Gasteiger partial charge < -0.3 is 4.74 Å². The highest BCUT2D eigenvalue weighted by Crippen LogP contribution is 2.65. The van der Waals surface area contributed by atoms with E-state index in [0.29, 0.717) is 36.0 Å². The molecule has 0 aromatic rings. The van der Waals surface area contributed by atoms with Crippen LogP contribution in [0.4, 0.5) is 0 Å². The predicted octanol–water partition coefficient (Wildman–Crippen LogP) is 2.94. The third-order valence-corrected chi connectivity index (χ3v) is 9.94. The normalized spacial score (nSPS) is 40.1. The molecule has 5 aliphatic rings. The minimum atomic E-state index is -4.14. The van der Waals surface area contributed by atoms with Crippen molar-refractivity contribution >= 4 is 26.2 Å². The SMILES string of the molecule is O=C(OCCS(=O)(=O)O)C1CCCC(C2C3CC4CC2CC(CCS(=O)(=O)O)(C4)C3)C1. The summed E-state index contributed by atoms with van der Waals surface area (Å²) in [5.41, 5.74) is 0.0472. The molecule has 10 heteroatoms. The Labute approximate surface area is 185 Å². The lowest BCUT2D eigenvalue weighted by molar-refractivity contribution is -0.153. The van der Waals surface area contributed by atoms with Crippen molar-refractivity contribution in [3.8, 4) is 0 Å². The van der Waals surface area contributed by atoms with E-state index >= 15 is 0 Å². The van der Waals surface area contributed by atoms with Gasteiger partial charge in [-0.2, -0.15) is 16.8 Å². The zero-order chi connectivity index (χ0) is 22.4. The molecule has 0 aromatic heterocycles. The van der Waals surface area contributed by atoms with Gasteiger partial charge in [0.15, 0.2) is 0 Å². The van der Waals surface area contributed by atoms with Crippen LogP contribution in [0.15, 0.2) is 0 Å². The van der Waals surface area contributed by atoms with Gasteiger partial charge >= 0.3 is 5.97 Å². The fourth-order valence-electron chi connectivity index (χ4n) is 7.81. The number of esters is 1. The Bertz CT molecular complexity index is 880. The third-order valence-electron chi connectivity index (χ3n) is 8.54. The molecule has 0 saturated heterocycles. The molecule has 4 unspecified atom stereocenters. The third kappa shape index (κ3) is 5.62. The van der Waals surface area contributed by atoms with E-state index in [-0.39, 0.29) is 29.7 Å². The summed E-state index contributed by atoms with van der Waals surface area (Å²) in [6.07, 6.45) is 9.63. The molecule has 2 N–H and O–H groups in total. The fourth-order valence-corrected chi connectivity index (χ4v) is 8.80. The summed E-state index contributed by atoms with van der Waals surface area (Å²) >= 11 is 0. The summed E-state index contributed by atoms with van der Waals surface area (Å²) in [6.45, 7) is -0.314. The van der Waals surface area contributed by atoms with Crippen LogP contribution in [0.3, 0.4) is 0 Å². The van der Waals surface area contributed by atoms with Gasteiger partial charge in [0, 0.05) is 0 Å². The fraction of sp³-hybridized carbons (Fsp3) is 0.952. The molecule has 178 valence electrons. The van der Waals surface area contributed by atoms with E-state index in [4.69, 9.17) is 9.29 Å². The molecular formula is C21H34O8S2. The Kier molecular flexibility index (Phi) is 6.48. The first-order valence-corrected chi connectivity index (χ1v) is 14.7. The number of carbonyl (C=O) groups excluding carboxylic acids is 1. The van der Waals surface area contributed by atoms with Crippen LogP contribution in [0.25, 0.3) is 0 Å². The van der Waals surface area contributed by atoms with Crippen LogP contribution in [0.1, 0.15) is 64.2 Å². The number of hydrogen-bond acceptors (Lipinski definition) is 6. The van der Waals surface area contributed by atoms with Crippen molar-refractivity contribution in [2.24, 2.45) is 40.9 Å². The first-order valence-electron chi connectivity index (χ1n) is 11.5. The van der Waals surface area contributed by atoms with Crippen molar-refractivity contribution in [1.82, 2.24) is 0 Å². The quantitative estimate of drug-likeness (QED) is 0.401. The Morgan fingerprint density at radius 1 is 0.871 bits per heavy atom. The zero-order valence-electron chi connectivity index (χ0n) is 17.8. The first-order chi connectivity index (χ1) is 14.4. The van der Waals surface area contributed by atoms with Gasteiger partial charge in [-0.25, -0.2) is 0 Å². The van der Waals surface area contributed by atoms with Gasteiger partial charge in [0.25, 0.3) is 20.2 Å². The first kappa shape index (κ1) is 23.4. The molecule has 4 atom stereocenters. The molecule has 0 amide bonds. The summed E-state index contributed by atoms with van der Waals surface area (Å²) < 4.78 is 67.5. The molecule has 5 saturated carbocycles. The van der Waals surface area contributed by atoms with Gasteiger partial charge in [-0.3, -0.25) is 13.9 Å². The van der Waals surface area contributed by atoms with E-state index in [1.54, 1.807) is 0 Å². The molecule has 5 aliphatic carbocycles. The van der Waals surface area contributed by atoms with Crippen LogP contribution in [0.5, 0.6) is 0 Å². The molecule has 0 heterocycles. The number of ether oxygens (including phenoxy) is 1. The Morgan fingerprint density at radius 2 is 1.52 bits per heavy atom. The second-order valence-electron chi connectivity index (χ2n) is 10.7. The van der Waals surface area contributed by atoms with Crippen molar-refractivity contribution in [2.45, 2.75) is 64.2 Å². The number of hydrogen-bond donors (Lipinski definition) is 2. The van der Waals surface area contributed by atoms with E-state index in [1.165, 1.54) is 12.8 Å². The maximum Gasteiger partial charge on any atom is 0.308 e. The Hall–Kier alpha value is -0.710. The van der Waals surface area contributed by atoms with Gasteiger partial charge in [-0.15, -0.1) is 0 Å². The highest BCUT2D eigenvalue weighted by molar-refractivity contribution is 7.86. The maximum absolute atomic E-state index is 12.5. The molecule has 8 nitrogen and oxygen atoms in total. The molecular weight excluding hydrogens is 444 g/mol. The molecule has 0 aliphatic heterocycles. The van der Waals surface area contributed by atoms with Crippen molar-refractivity contribution in [1.29, 1.82) is 0 Å². The zero-order valence-corrected chi connectivity index (χ0v) is 19.4. The summed E-state index contributed by atoms with van der Waals surface area (Å²) in [5.74, 6) is 1.48. The van der Waals surface area contributed by atoms with Crippen LogP contribution in [0, 0.1) is 40.9 Å². The highest BCUT2D eigenvalue weighted by atomic mass is 32.2. The van der Waals surface area contributed by atoms with Gasteiger partial charge in [-0.05, 0) is 86.4 Å². The van der Waals surface area contributed by atoms with Gasteiger partial charge in [0.2, 0.25) is 0 Å². The lowest BCUT2D eigenvalue weighted by atomic mass is 9.43. The van der Waals surface area contributed by atoms with Crippen molar-refractivity contribution in [3.63, 3.8) is 0 Å². The van der Waals surface area contributed by atoms with Crippen LogP contribution in [0.2, 0.25) is 0 Å². The summed E-state index contributed by atoms with van der Waals surface area (Å²) in [5, 5.41) is 0. The molecule has 5 fully saturated rings. The second-order valence-corrected chi connectivity index (χ2v) is 13.8. The van der Waals surface area contributed by atoms with Crippen LogP contribution in [-0.2, 0) is 29.8 Å². The van der Waals surface area contributed by atoms with E-state index in [2.05, 4.69) is 0 Å². The Balaban J connectivity index is 1.37. The lowest BCUT2D eigenvalue weighted by Crippen LogP contribution is -2.53.